The van der Waals surface area contributed by atoms with E-state index in [-0.39, 0.29) is 24.4 Å². The van der Waals surface area contributed by atoms with Crippen molar-refractivity contribution in [2.24, 2.45) is 5.92 Å². The van der Waals surface area contributed by atoms with Gasteiger partial charge in [0.05, 0.1) is 0 Å². The number of piperidine rings is 1. The first kappa shape index (κ1) is 15.7. The second kappa shape index (κ2) is 6.54. The second-order valence-electron chi connectivity index (χ2n) is 6.31. The molecule has 2 saturated heterocycles. The van der Waals surface area contributed by atoms with Crippen molar-refractivity contribution in [2.75, 3.05) is 19.6 Å². The number of hydrogen-bond donors (Lipinski definition) is 3. The number of nitrogens with zero attached hydrogens (tertiary/aromatic N) is 1. The van der Waals surface area contributed by atoms with E-state index < -0.39 is 0 Å². The van der Waals surface area contributed by atoms with Gasteiger partial charge in [0.1, 0.15) is 6.04 Å². The van der Waals surface area contributed by atoms with Crippen LogP contribution in [0.5, 0.6) is 0 Å². The summed E-state index contributed by atoms with van der Waals surface area (Å²) in [5, 5.41) is 3.41. The van der Waals surface area contributed by atoms with Crippen LogP contribution in [0.25, 0.3) is 0 Å². The van der Waals surface area contributed by atoms with Crippen molar-refractivity contribution in [2.45, 2.75) is 31.5 Å². The average Bonchev–Trinajstić information content (AvgIpc) is 2.98. The normalized spacial score (nSPS) is 30.2. The van der Waals surface area contributed by atoms with Crippen LogP contribution < -0.4 is 16.2 Å². The predicted molar refractivity (Wildman–Crippen MR) is 87.6 cm³/mol. The number of rotatable bonds is 1. The first-order valence-corrected chi connectivity index (χ1v) is 7.90. The molecular formula is C16H23ClN4O. The molecule has 6 heteroatoms. The van der Waals surface area contributed by atoms with Gasteiger partial charge in [-0.3, -0.25) is 10.2 Å². The molecule has 3 N–H and O–H groups in total. The van der Waals surface area contributed by atoms with Crippen molar-refractivity contribution in [3.05, 3.63) is 35.4 Å². The maximum Gasteiger partial charge on any atom is 0.241 e. The van der Waals surface area contributed by atoms with Gasteiger partial charge in [0.25, 0.3) is 0 Å². The van der Waals surface area contributed by atoms with Gasteiger partial charge in [-0.2, -0.15) is 0 Å². The molecule has 120 valence electrons. The fraction of sp³-hybridized carbons (Fsp3) is 0.562. The molecule has 3 aliphatic rings. The Morgan fingerprint density at radius 2 is 2.00 bits per heavy atom. The molecule has 2 fully saturated rings. The number of carbonyl (C=O) groups excluding carboxylic acids is 1. The van der Waals surface area contributed by atoms with Gasteiger partial charge in [-0.1, -0.05) is 24.3 Å². The fourth-order valence-corrected chi connectivity index (χ4v) is 3.84. The van der Waals surface area contributed by atoms with Gasteiger partial charge in [-0.05, 0) is 30.5 Å². The highest BCUT2D eigenvalue weighted by atomic mass is 35.5. The fourth-order valence-electron chi connectivity index (χ4n) is 3.84. The molecule has 0 radical (unpaired) electrons. The van der Waals surface area contributed by atoms with Crippen LogP contribution in [-0.4, -0.2) is 42.5 Å². The van der Waals surface area contributed by atoms with Crippen LogP contribution in [0.4, 0.5) is 0 Å². The van der Waals surface area contributed by atoms with Crippen LogP contribution in [0.1, 0.15) is 17.5 Å². The monoisotopic (exact) mass is 322 g/mol. The van der Waals surface area contributed by atoms with E-state index in [1.54, 1.807) is 0 Å². The van der Waals surface area contributed by atoms with E-state index in [0.717, 1.165) is 39.0 Å². The van der Waals surface area contributed by atoms with Gasteiger partial charge in [-0.15, -0.1) is 12.4 Å². The van der Waals surface area contributed by atoms with Crippen LogP contribution in [0.3, 0.4) is 0 Å². The van der Waals surface area contributed by atoms with E-state index in [9.17, 15) is 4.79 Å². The maximum absolute atomic E-state index is 12.9. The zero-order chi connectivity index (χ0) is 14.2. The molecule has 5 nitrogen and oxygen atoms in total. The van der Waals surface area contributed by atoms with Gasteiger partial charge >= 0.3 is 0 Å². The minimum atomic E-state index is -0.0898. The summed E-state index contributed by atoms with van der Waals surface area (Å²) in [6.45, 7) is 3.54. The Bertz CT molecular complexity index is 553. The summed E-state index contributed by atoms with van der Waals surface area (Å²) in [5.74, 6) is 0.608. The summed E-state index contributed by atoms with van der Waals surface area (Å²) in [6, 6.07) is 8.79. The molecule has 22 heavy (non-hydrogen) atoms. The Kier molecular flexibility index (Phi) is 4.68. The predicted octanol–water partition coefficient (Wildman–Crippen LogP) is 0.448. The van der Waals surface area contributed by atoms with Crippen molar-refractivity contribution < 1.29 is 4.79 Å². The number of fused-ring (bicyclic) bond motifs is 2. The van der Waals surface area contributed by atoms with Gasteiger partial charge in [0.2, 0.25) is 5.91 Å². The lowest BCUT2D eigenvalue weighted by Crippen LogP contribution is -2.51. The summed E-state index contributed by atoms with van der Waals surface area (Å²) < 4.78 is 0. The standard InChI is InChI=1S/C16H22N4O.ClH/c21-16(15-13-9-17-7-5-14(13)18-19-15)20-8-6-11-3-1-2-4-12(11)10-20;/h1-4,13-15,17-19H,5-10H2;1H. The van der Waals surface area contributed by atoms with E-state index in [4.69, 9.17) is 0 Å². The Hall–Kier alpha value is -1.14. The van der Waals surface area contributed by atoms with Gasteiger partial charge in [0.15, 0.2) is 0 Å². The molecule has 4 rings (SSSR count). The number of carbonyl (C=O) groups is 1. The molecule has 1 amide bonds. The van der Waals surface area contributed by atoms with Crippen LogP contribution >= 0.6 is 12.4 Å². The number of nitrogens with one attached hydrogen (secondary N) is 3. The average molecular weight is 323 g/mol. The van der Waals surface area contributed by atoms with Gasteiger partial charge < -0.3 is 10.2 Å². The summed E-state index contributed by atoms with van der Waals surface area (Å²) in [5.41, 5.74) is 9.23. The number of hydrazine groups is 1. The first-order chi connectivity index (χ1) is 10.3. The van der Waals surface area contributed by atoms with Crippen LogP contribution in [-0.2, 0) is 17.8 Å². The highest BCUT2D eigenvalue weighted by Crippen LogP contribution is 2.24. The topological polar surface area (TPSA) is 56.4 Å². The zero-order valence-corrected chi connectivity index (χ0v) is 13.4. The first-order valence-electron chi connectivity index (χ1n) is 7.90. The molecule has 1 aromatic rings. The van der Waals surface area contributed by atoms with Crippen molar-refractivity contribution in [1.29, 1.82) is 0 Å². The van der Waals surface area contributed by atoms with E-state index in [0.29, 0.717) is 12.0 Å². The van der Waals surface area contributed by atoms with E-state index in [2.05, 4.69) is 40.4 Å². The molecule has 3 atom stereocenters. The molecule has 3 aliphatic heterocycles. The minimum absolute atomic E-state index is 0. The molecule has 0 bridgehead atoms. The number of benzene rings is 1. The molecule has 0 aliphatic carbocycles. The highest BCUT2D eigenvalue weighted by molar-refractivity contribution is 5.85. The third-order valence-electron chi connectivity index (χ3n) is 5.09. The summed E-state index contributed by atoms with van der Waals surface area (Å²) in [7, 11) is 0. The van der Waals surface area contributed by atoms with E-state index in [1.807, 2.05) is 4.90 Å². The quantitative estimate of drug-likeness (QED) is 0.702. The number of halogens is 1. The minimum Gasteiger partial charge on any atom is -0.337 e. The maximum atomic E-state index is 12.9. The third-order valence-corrected chi connectivity index (χ3v) is 5.09. The summed E-state index contributed by atoms with van der Waals surface area (Å²) in [4.78, 5) is 14.9. The Balaban J connectivity index is 0.00000144. The zero-order valence-electron chi connectivity index (χ0n) is 12.5. The lowest BCUT2D eigenvalue weighted by atomic mass is 9.88. The van der Waals surface area contributed by atoms with Crippen molar-refractivity contribution in [3.63, 3.8) is 0 Å². The van der Waals surface area contributed by atoms with Crippen molar-refractivity contribution >= 4 is 18.3 Å². The van der Waals surface area contributed by atoms with Crippen LogP contribution in [0.15, 0.2) is 24.3 Å². The Morgan fingerprint density at radius 3 is 2.86 bits per heavy atom. The third kappa shape index (κ3) is 2.74. The molecule has 0 spiro atoms. The van der Waals surface area contributed by atoms with Crippen LogP contribution in [0, 0.1) is 5.92 Å². The highest BCUT2D eigenvalue weighted by Gasteiger charge is 2.42. The SMILES string of the molecule is Cl.O=C(C1NNC2CCNCC21)N1CCc2ccccc2C1. The molecule has 0 aromatic heterocycles. The lowest BCUT2D eigenvalue weighted by Gasteiger charge is -2.33. The Labute approximate surface area is 137 Å². The molecule has 0 saturated carbocycles. The molecular weight excluding hydrogens is 300 g/mol. The largest absolute Gasteiger partial charge is 0.337 e. The van der Waals surface area contributed by atoms with Crippen LogP contribution in [0.2, 0.25) is 0 Å². The molecule has 1 aromatic carbocycles. The number of hydrogen-bond acceptors (Lipinski definition) is 4. The second-order valence-corrected chi connectivity index (χ2v) is 6.31. The smallest absolute Gasteiger partial charge is 0.241 e. The van der Waals surface area contributed by atoms with Crippen molar-refractivity contribution in [1.82, 2.24) is 21.1 Å². The van der Waals surface area contributed by atoms with Gasteiger partial charge in [0, 0.05) is 31.6 Å². The molecule has 3 unspecified atom stereocenters. The molecule has 3 heterocycles. The number of amides is 1. The summed E-state index contributed by atoms with van der Waals surface area (Å²) in [6.07, 6.45) is 2.05. The summed E-state index contributed by atoms with van der Waals surface area (Å²) >= 11 is 0. The van der Waals surface area contributed by atoms with E-state index >= 15 is 0 Å². The van der Waals surface area contributed by atoms with Crippen molar-refractivity contribution in [3.8, 4) is 0 Å². The lowest BCUT2D eigenvalue weighted by molar-refractivity contribution is -0.135. The Morgan fingerprint density at radius 1 is 1.18 bits per heavy atom. The van der Waals surface area contributed by atoms with Gasteiger partial charge in [-0.25, -0.2) is 5.43 Å². The van der Waals surface area contributed by atoms with E-state index in [1.165, 1.54) is 11.1 Å².